The van der Waals surface area contributed by atoms with Crippen LogP contribution in [0.25, 0.3) is 17.1 Å². The van der Waals surface area contributed by atoms with E-state index in [0.29, 0.717) is 16.5 Å². The van der Waals surface area contributed by atoms with Crippen LogP contribution < -0.4 is 10.7 Å². The molecule has 9 nitrogen and oxygen atoms in total. The lowest BCUT2D eigenvalue weighted by molar-refractivity contribution is -0.138. The molecule has 3 aromatic carbocycles. The van der Waals surface area contributed by atoms with Crippen molar-refractivity contribution >= 4 is 29.6 Å². The van der Waals surface area contributed by atoms with E-state index in [9.17, 15) is 14.4 Å². The van der Waals surface area contributed by atoms with E-state index in [2.05, 4.69) is 20.9 Å². The van der Waals surface area contributed by atoms with E-state index >= 15 is 0 Å². The highest BCUT2D eigenvalue weighted by Crippen LogP contribution is 2.29. The van der Waals surface area contributed by atoms with Crippen LogP contribution in [-0.4, -0.2) is 43.4 Å². The fourth-order valence-electron chi connectivity index (χ4n) is 3.94. The van der Waals surface area contributed by atoms with Crippen molar-refractivity contribution in [3.05, 3.63) is 96.6 Å². The molecule has 0 radical (unpaired) electrons. The Balaban J connectivity index is 1.33. The van der Waals surface area contributed by atoms with Gasteiger partial charge in [-0.25, -0.2) is 4.79 Å². The van der Waals surface area contributed by atoms with Crippen LogP contribution in [0.4, 0.5) is 4.79 Å². The number of nitrogens with one attached hydrogen (secondary N) is 2. The molecule has 1 aliphatic heterocycles. The van der Waals surface area contributed by atoms with Crippen LogP contribution in [0, 0.1) is 0 Å². The number of hydrogen-bond donors (Lipinski definition) is 2. The molecule has 0 saturated carbocycles. The third-order valence-corrected chi connectivity index (χ3v) is 6.72. The molecule has 180 valence electrons. The van der Waals surface area contributed by atoms with Crippen molar-refractivity contribution in [2.45, 2.75) is 17.6 Å². The van der Waals surface area contributed by atoms with Crippen molar-refractivity contribution in [2.75, 3.05) is 5.75 Å². The Labute approximate surface area is 211 Å². The smallest absolute Gasteiger partial charge is 0.318 e. The third-order valence-electron chi connectivity index (χ3n) is 5.79. The number of aromatic nitrogens is 3. The minimum absolute atomic E-state index is 0.0845. The molecule has 1 aromatic heterocycles. The van der Waals surface area contributed by atoms with Gasteiger partial charge in [0.25, 0.3) is 5.91 Å². The Bertz CT molecular complexity index is 1410. The predicted molar refractivity (Wildman–Crippen MR) is 135 cm³/mol. The monoisotopic (exact) mass is 498 g/mol. The molecular formula is C26H22N6O3S. The van der Waals surface area contributed by atoms with Gasteiger partial charge in [-0.3, -0.25) is 19.6 Å². The van der Waals surface area contributed by atoms with Crippen LogP contribution in [0.5, 0.6) is 0 Å². The molecule has 1 aliphatic rings. The molecule has 0 unspecified atom stereocenters. The van der Waals surface area contributed by atoms with Crippen LogP contribution >= 0.6 is 11.8 Å². The highest BCUT2D eigenvalue weighted by molar-refractivity contribution is 7.99. The summed E-state index contributed by atoms with van der Waals surface area (Å²) in [7, 11) is 0. The standard InChI is InChI=1S/C26H22N6O3S/c1-26(19-13-7-3-8-14-19)23(34)32(24(35)27-26)30-21(33)17-36-25-29-28-22(18-11-5-2-6-12-18)31(25)20-15-9-4-10-16-20/h2-16H,17H2,1H3,(H,27,35)(H,30,33)/t26-/m0/s1. The number of hydrogen-bond acceptors (Lipinski definition) is 6. The van der Waals surface area contributed by atoms with E-state index in [4.69, 9.17) is 0 Å². The summed E-state index contributed by atoms with van der Waals surface area (Å²) in [5, 5.41) is 12.6. The summed E-state index contributed by atoms with van der Waals surface area (Å²) >= 11 is 1.16. The summed E-state index contributed by atoms with van der Waals surface area (Å²) in [6.07, 6.45) is 0. The van der Waals surface area contributed by atoms with Crippen molar-refractivity contribution in [3.8, 4) is 17.1 Å². The van der Waals surface area contributed by atoms with E-state index in [0.717, 1.165) is 28.0 Å². The normalized spacial score (nSPS) is 17.2. The molecule has 0 bridgehead atoms. The van der Waals surface area contributed by atoms with Gasteiger partial charge in [-0.05, 0) is 24.6 Å². The summed E-state index contributed by atoms with van der Waals surface area (Å²) in [5.74, 6) is -0.531. The Morgan fingerprint density at radius 1 is 0.917 bits per heavy atom. The Hall–Kier alpha value is -4.44. The van der Waals surface area contributed by atoms with E-state index < -0.39 is 23.4 Å². The van der Waals surface area contributed by atoms with Gasteiger partial charge < -0.3 is 5.32 Å². The average molecular weight is 499 g/mol. The molecule has 36 heavy (non-hydrogen) atoms. The molecule has 1 fully saturated rings. The molecule has 4 aromatic rings. The predicted octanol–water partition coefficient (Wildman–Crippen LogP) is 3.52. The third kappa shape index (κ3) is 4.34. The van der Waals surface area contributed by atoms with Gasteiger partial charge in [0.05, 0.1) is 5.75 Å². The van der Waals surface area contributed by atoms with Crippen molar-refractivity contribution in [1.82, 2.24) is 30.5 Å². The Kier molecular flexibility index (Phi) is 6.26. The van der Waals surface area contributed by atoms with E-state index in [1.807, 2.05) is 71.3 Å². The van der Waals surface area contributed by atoms with E-state index in [1.54, 1.807) is 31.2 Å². The second kappa shape index (κ2) is 9.67. The van der Waals surface area contributed by atoms with Crippen LogP contribution in [0.1, 0.15) is 12.5 Å². The zero-order valence-electron chi connectivity index (χ0n) is 19.3. The number of carbonyl (C=O) groups excluding carboxylic acids is 3. The number of carbonyl (C=O) groups is 3. The van der Waals surface area contributed by atoms with Gasteiger partial charge in [-0.2, -0.15) is 5.01 Å². The maximum absolute atomic E-state index is 13.0. The number of amides is 4. The molecule has 4 amide bonds. The molecule has 1 saturated heterocycles. The first-order valence-corrected chi connectivity index (χ1v) is 12.2. The number of nitrogens with zero attached hydrogens (tertiary/aromatic N) is 4. The summed E-state index contributed by atoms with van der Waals surface area (Å²) in [4.78, 5) is 38.3. The average Bonchev–Trinajstić information content (AvgIpc) is 3.44. The zero-order valence-corrected chi connectivity index (χ0v) is 20.1. The fourth-order valence-corrected chi connectivity index (χ4v) is 4.69. The second-order valence-corrected chi connectivity index (χ2v) is 9.17. The molecular weight excluding hydrogens is 476 g/mol. The number of para-hydroxylation sites is 1. The number of rotatable bonds is 7. The summed E-state index contributed by atoms with van der Waals surface area (Å²) in [5.41, 5.74) is 3.51. The van der Waals surface area contributed by atoms with Gasteiger partial charge in [0.2, 0.25) is 5.91 Å². The van der Waals surface area contributed by atoms with Crippen molar-refractivity contribution in [3.63, 3.8) is 0 Å². The summed E-state index contributed by atoms with van der Waals surface area (Å²) in [6.45, 7) is 1.61. The maximum Gasteiger partial charge on any atom is 0.344 e. The molecule has 0 spiro atoms. The van der Waals surface area contributed by atoms with Crippen molar-refractivity contribution < 1.29 is 14.4 Å². The first-order chi connectivity index (χ1) is 17.5. The van der Waals surface area contributed by atoms with Gasteiger partial charge in [0.1, 0.15) is 5.54 Å². The van der Waals surface area contributed by atoms with Crippen LogP contribution in [0.2, 0.25) is 0 Å². The van der Waals surface area contributed by atoms with Gasteiger partial charge in [-0.15, -0.1) is 10.2 Å². The van der Waals surface area contributed by atoms with Gasteiger partial charge >= 0.3 is 6.03 Å². The lowest BCUT2D eigenvalue weighted by atomic mass is 9.92. The Morgan fingerprint density at radius 2 is 1.53 bits per heavy atom. The first kappa shape index (κ1) is 23.3. The lowest BCUT2D eigenvalue weighted by Crippen LogP contribution is -2.48. The highest BCUT2D eigenvalue weighted by atomic mass is 32.2. The molecule has 2 heterocycles. The number of benzene rings is 3. The van der Waals surface area contributed by atoms with Gasteiger partial charge in [0.15, 0.2) is 11.0 Å². The number of thioether (sulfide) groups is 1. The summed E-state index contributed by atoms with van der Waals surface area (Å²) in [6, 6.07) is 27.4. The number of urea groups is 1. The molecule has 0 aliphatic carbocycles. The van der Waals surface area contributed by atoms with E-state index in [-0.39, 0.29) is 5.75 Å². The minimum Gasteiger partial charge on any atom is -0.318 e. The highest BCUT2D eigenvalue weighted by Gasteiger charge is 2.49. The Morgan fingerprint density at radius 3 is 2.19 bits per heavy atom. The first-order valence-electron chi connectivity index (χ1n) is 11.2. The van der Waals surface area contributed by atoms with Crippen LogP contribution in [0.3, 0.4) is 0 Å². The fraction of sp³-hybridized carbons (Fsp3) is 0.115. The largest absolute Gasteiger partial charge is 0.344 e. The van der Waals surface area contributed by atoms with Crippen molar-refractivity contribution in [1.29, 1.82) is 0 Å². The van der Waals surface area contributed by atoms with E-state index in [1.165, 1.54) is 0 Å². The molecule has 5 rings (SSSR count). The van der Waals surface area contributed by atoms with Crippen LogP contribution in [-0.2, 0) is 15.1 Å². The van der Waals surface area contributed by atoms with Crippen molar-refractivity contribution in [2.24, 2.45) is 0 Å². The van der Waals surface area contributed by atoms with Crippen LogP contribution in [0.15, 0.2) is 96.2 Å². The van der Waals surface area contributed by atoms with Gasteiger partial charge in [-0.1, -0.05) is 90.6 Å². The number of hydrazine groups is 1. The second-order valence-electron chi connectivity index (χ2n) is 8.23. The molecule has 10 heteroatoms. The quantitative estimate of drug-likeness (QED) is 0.298. The molecule has 1 atom stereocenters. The van der Waals surface area contributed by atoms with Gasteiger partial charge in [0, 0.05) is 11.3 Å². The topological polar surface area (TPSA) is 109 Å². The summed E-state index contributed by atoms with van der Waals surface area (Å²) < 4.78 is 1.87. The SMILES string of the molecule is C[C@@]1(c2ccccc2)NC(=O)N(NC(=O)CSc2nnc(-c3ccccc3)n2-c2ccccc2)C1=O. The maximum atomic E-state index is 13.0. The lowest BCUT2D eigenvalue weighted by Gasteiger charge is -2.22. The number of imide groups is 1. The minimum atomic E-state index is -1.27. The zero-order chi connectivity index (χ0) is 25.1. The molecule has 2 N–H and O–H groups in total.